The van der Waals surface area contributed by atoms with E-state index in [1.165, 1.54) is 0 Å². The summed E-state index contributed by atoms with van der Waals surface area (Å²) in [7, 11) is 0. The predicted molar refractivity (Wildman–Crippen MR) is 58.8 cm³/mol. The fourth-order valence-corrected chi connectivity index (χ4v) is 1.30. The number of aromatic nitrogens is 2. The number of fused-ring (bicyclic) bond motifs is 1. The molecule has 1 aromatic carbocycles. The number of hydrogen-bond acceptors (Lipinski definition) is 4. The van der Waals surface area contributed by atoms with Crippen molar-refractivity contribution in [1.82, 2.24) is 10.2 Å². The van der Waals surface area contributed by atoms with Crippen molar-refractivity contribution in [1.29, 1.82) is 0 Å². The summed E-state index contributed by atoms with van der Waals surface area (Å²) in [5.41, 5.74) is 1.77. The van der Waals surface area contributed by atoms with Gasteiger partial charge in [-0.15, -0.1) is 0 Å². The minimum absolute atomic E-state index is 0.562. The lowest BCUT2D eigenvalue weighted by molar-refractivity contribution is 0.160. The molecule has 4 heteroatoms. The first-order chi connectivity index (χ1) is 7.42. The van der Waals surface area contributed by atoms with E-state index in [4.69, 9.17) is 4.84 Å². The van der Waals surface area contributed by atoms with Crippen LogP contribution in [0, 0.1) is 0 Å². The summed E-state index contributed by atoms with van der Waals surface area (Å²) < 4.78 is 0. The van der Waals surface area contributed by atoms with Gasteiger partial charge in [-0.2, -0.15) is 10.2 Å². The average molecular weight is 201 g/mol. The molecule has 0 aliphatic rings. The molecule has 15 heavy (non-hydrogen) atoms. The van der Waals surface area contributed by atoms with Crippen LogP contribution in [0.1, 0.15) is 12.5 Å². The molecule has 0 spiro atoms. The second-order valence-corrected chi connectivity index (χ2v) is 2.97. The first-order valence-electron chi connectivity index (χ1n) is 4.77. The zero-order chi connectivity index (χ0) is 10.5. The highest BCUT2D eigenvalue weighted by Gasteiger charge is 1.98. The SMILES string of the molecule is CCON=Cc1cnnc2ccccc12. The van der Waals surface area contributed by atoms with Crippen molar-refractivity contribution in [2.24, 2.45) is 5.16 Å². The Balaban J connectivity index is 2.42. The Morgan fingerprint density at radius 3 is 3.13 bits per heavy atom. The van der Waals surface area contributed by atoms with Gasteiger partial charge in [0.15, 0.2) is 0 Å². The lowest BCUT2D eigenvalue weighted by atomic mass is 10.1. The molecule has 1 aromatic heterocycles. The summed E-state index contributed by atoms with van der Waals surface area (Å²) in [5, 5.41) is 12.8. The lowest BCUT2D eigenvalue weighted by Crippen LogP contribution is -1.91. The molecule has 0 aliphatic carbocycles. The molecular formula is C11H11N3O. The summed E-state index contributed by atoms with van der Waals surface area (Å²) in [4.78, 5) is 4.91. The Morgan fingerprint density at radius 1 is 1.40 bits per heavy atom. The highest BCUT2D eigenvalue weighted by atomic mass is 16.6. The summed E-state index contributed by atoms with van der Waals surface area (Å²) in [6, 6.07) is 7.79. The van der Waals surface area contributed by atoms with E-state index in [2.05, 4.69) is 15.4 Å². The third-order valence-electron chi connectivity index (χ3n) is 1.97. The van der Waals surface area contributed by atoms with Crippen molar-refractivity contribution in [3.8, 4) is 0 Å². The third kappa shape index (κ3) is 2.10. The van der Waals surface area contributed by atoms with Crippen LogP contribution in [0.3, 0.4) is 0 Å². The first-order valence-corrected chi connectivity index (χ1v) is 4.77. The summed E-state index contributed by atoms with van der Waals surface area (Å²) in [5.74, 6) is 0. The van der Waals surface area contributed by atoms with Crippen LogP contribution in [0.5, 0.6) is 0 Å². The van der Waals surface area contributed by atoms with Crippen molar-refractivity contribution >= 4 is 17.1 Å². The van der Waals surface area contributed by atoms with Crippen LogP contribution in [-0.2, 0) is 4.84 Å². The highest BCUT2D eigenvalue weighted by molar-refractivity contribution is 5.97. The van der Waals surface area contributed by atoms with Crippen LogP contribution in [0.25, 0.3) is 10.9 Å². The van der Waals surface area contributed by atoms with E-state index < -0.39 is 0 Å². The van der Waals surface area contributed by atoms with Gasteiger partial charge in [-0.3, -0.25) is 0 Å². The Morgan fingerprint density at radius 2 is 2.27 bits per heavy atom. The van der Waals surface area contributed by atoms with Gasteiger partial charge in [0.05, 0.1) is 17.9 Å². The van der Waals surface area contributed by atoms with E-state index in [-0.39, 0.29) is 0 Å². The molecule has 0 radical (unpaired) electrons. The Labute approximate surface area is 87.6 Å². The lowest BCUT2D eigenvalue weighted by Gasteiger charge is -1.98. The molecule has 76 valence electrons. The van der Waals surface area contributed by atoms with Gasteiger partial charge in [-0.05, 0) is 13.0 Å². The molecule has 2 aromatic rings. The molecule has 0 unspecified atom stereocenters. The smallest absolute Gasteiger partial charge is 0.114 e. The molecule has 0 bridgehead atoms. The Kier molecular flexibility index (Phi) is 2.88. The van der Waals surface area contributed by atoms with Crippen LogP contribution in [0.4, 0.5) is 0 Å². The molecule has 0 amide bonds. The topological polar surface area (TPSA) is 47.4 Å². The fourth-order valence-electron chi connectivity index (χ4n) is 1.30. The molecule has 0 fully saturated rings. The second kappa shape index (κ2) is 4.50. The molecule has 4 nitrogen and oxygen atoms in total. The normalized spacial score (nSPS) is 11.0. The quantitative estimate of drug-likeness (QED) is 0.563. The molecule has 2 rings (SSSR count). The van der Waals surface area contributed by atoms with Crippen LogP contribution >= 0.6 is 0 Å². The molecule has 0 N–H and O–H groups in total. The minimum atomic E-state index is 0.562. The van der Waals surface area contributed by atoms with E-state index in [1.807, 2.05) is 31.2 Å². The van der Waals surface area contributed by atoms with Crippen molar-refractivity contribution in [3.05, 3.63) is 36.0 Å². The van der Waals surface area contributed by atoms with Gasteiger partial charge in [0.25, 0.3) is 0 Å². The second-order valence-electron chi connectivity index (χ2n) is 2.97. The van der Waals surface area contributed by atoms with Crippen molar-refractivity contribution in [2.45, 2.75) is 6.92 Å². The maximum Gasteiger partial charge on any atom is 0.114 e. The molecule has 0 aliphatic heterocycles. The zero-order valence-electron chi connectivity index (χ0n) is 8.42. The van der Waals surface area contributed by atoms with E-state index in [0.717, 1.165) is 16.5 Å². The molecule has 1 heterocycles. The minimum Gasteiger partial charge on any atom is -0.396 e. The fraction of sp³-hybridized carbons (Fsp3) is 0.182. The summed E-state index contributed by atoms with van der Waals surface area (Å²) in [6.07, 6.45) is 3.32. The maximum atomic E-state index is 4.91. The standard InChI is InChI=1S/C11H11N3O/c1-2-15-13-8-9-7-12-14-11-6-4-3-5-10(9)11/h3-8H,2H2,1H3. The number of hydrogen-bond donors (Lipinski definition) is 0. The van der Waals surface area contributed by atoms with Crippen LogP contribution < -0.4 is 0 Å². The highest BCUT2D eigenvalue weighted by Crippen LogP contribution is 2.12. The van der Waals surface area contributed by atoms with Crippen molar-refractivity contribution < 1.29 is 4.84 Å². The van der Waals surface area contributed by atoms with E-state index in [1.54, 1.807) is 12.4 Å². The van der Waals surface area contributed by atoms with Crippen LogP contribution in [0.2, 0.25) is 0 Å². The number of oxime groups is 1. The molecule has 0 saturated heterocycles. The number of nitrogens with zero attached hydrogens (tertiary/aromatic N) is 3. The van der Waals surface area contributed by atoms with Gasteiger partial charge >= 0.3 is 0 Å². The van der Waals surface area contributed by atoms with E-state index in [0.29, 0.717) is 6.61 Å². The number of rotatable bonds is 3. The van der Waals surface area contributed by atoms with Gasteiger partial charge in [-0.1, -0.05) is 23.4 Å². The molecular weight excluding hydrogens is 190 g/mol. The summed E-state index contributed by atoms with van der Waals surface area (Å²) >= 11 is 0. The molecule has 0 saturated carbocycles. The molecule has 0 atom stereocenters. The van der Waals surface area contributed by atoms with Gasteiger partial charge in [-0.25, -0.2) is 0 Å². The zero-order valence-corrected chi connectivity index (χ0v) is 8.42. The Bertz CT molecular complexity index is 477. The van der Waals surface area contributed by atoms with Gasteiger partial charge in [0.2, 0.25) is 0 Å². The summed E-state index contributed by atoms with van der Waals surface area (Å²) in [6.45, 7) is 2.45. The van der Waals surface area contributed by atoms with Crippen molar-refractivity contribution in [3.63, 3.8) is 0 Å². The third-order valence-corrected chi connectivity index (χ3v) is 1.97. The predicted octanol–water partition coefficient (Wildman–Crippen LogP) is 2.00. The average Bonchev–Trinajstić information content (AvgIpc) is 2.30. The van der Waals surface area contributed by atoms with Crippen molar-refractivity contribution in [2.75, 3.05) is 6.61 Å². The van der Waals surface area contributed by atoms with Crippen LogP contribution in [0.15, 0.2) is 35.6 Å². The van der Waals surface area contributed by atoms with Gasteiger partial charge < -0.3 is 4.84 Å². The Hall–Kier alpha value is -1.97. The maximum absolute atomic E-state index is 4.91. The first kappa shape index (κ1) is 9.58. The van der Waals surface area contributed by atoms with Gasteiger partial charge in [0, 0.05) is 10.9 Å². The van der Waals surface area contributed by atoms with E-state index >= 15 is 0 Å². The monoisotopic (exact) mass is 201 g/mol. The largest absolute Gasteiger partial charge is 0.396 e. The van der Waals surface area contributed by atoms with E-state index in [9.17, 15) is 0 Å². The van der Waals surface area contributed by atoms with Gasteiger partial charge in [0.1, 0.15) is 6.61 Å². The number of benzene rings is 1. The van der Waals surface area contributed by atoms with Crippen LogP contribution in [-0.4, -0.2) is 23.0 Å².